The van der Waals surface area contributed by atoms with E-state index in [9.17, 15) is 4.79 Å². The summed E-state index contributed by atoms with van der Waals surface area (Å²) in [4.78, 5) is 10.6. The lowest BCUT2D eigenvalue weighted by Crippen LogP contribution is -2.02. The maximum Gasteiger partial charge on any atom is 0.335 e. The summed E-state index contributed by atoms with van der Waals surface area (Å²) < 4.78 is 0. The van der Waals surface area contributed by atoms with E-state index in [1.54, 1.807) is 24.3 Å². The first-order valence-electron chi connectivity index (χ1n) is 4.44. The maximum atomic E-state index is 10.6. The highest BCUT2D eigenvalue weighted by Crippen LogP contribution is 2.30. The number of carboxylic acid groups (broad SMARTS) is 1. The lowest BCUT2D eigenvalue weighted by molar-refractivity contribution is 0.0697. The van der Waals surface area contributed by atoms with Crippen LogP contribution in [0, 0.1) is 0 Å². The molecule has 1 aromatic rings. The molecule has 72 valence electrons. The molecule has 2 rings (SSSR count). The molecule has 1 unspecified atom stereocenters. The molecule has 0 aliphatic heterocycles. The first kappa shape index (κ1) is 8.81. The van der Waals surface area contributed by atoms with E-state index in [0.29, 0.717) is 11.6 Å². The average molecular weight is 189 g/mol. The van der Waals surface area contributed by atoms with E-state index in [1.165, 1.54) is 5.57 Å². The smallest absolute Gasteiger partial charge is 0.335 e. The van der Waals surface area contributed by atoms with Gasteiger partial charge in [-0.15, -0.1) is 0 Å². The zero-order chi connectivity index (χ0) is 10.1. The van der Waals surface area contributed by atoms with Crippen molar-refractivity contribution in [2.45, 2.75) is 12.5 Å². The molecule has 1 fully saturated rings. The molecule has 1 atom stereocenters. The summed E-state index contributed by atoms with van der Waals surface area (Å²) >= 11 is 0. The SMILES string of the molecule is C=C1CC1Nc1ccc(C(=O)O)cc1. The number of rotatable bonds is 3. The third kappa shape index (κ3) is 1.76. The normalized spacial score (nSPS) is 19.1. The van der Waals surface area contributed by atoms with Crippen molar-refractivity contribution >= 4 is 11.7 Å². The second-order valence-electron chi connectivity index (χ2n) is 3.44. The highest BCUT2D eigenvalue weighted by molar-refractivity contribution is 5.88. The number of anilines is 1. The molecule has 0 bridgehead atoms. The Morgan fingerprint density at radius 3 is 2.43 bits per heavy atom. The molecule has 1 aliphatic carbocycles. The van der Waals surface area contributed by atoms with Crippen LogP contribution in [0.2, 0.25) is 0 Å². The van der Waals surface area contributed by atoms with Gasteiger partial charge < -0.3 is 10.4 Å². The van der Waals surface area contributed by atoms with Crippen molar-refractivity contribution < 1.29 is 9.90 Å². The maximum absolute atomic E-state index is 10.6. The molecule has 2 N–H and O–H groups in total. The van der Waals surface area contributed by atoms with Gasteiger partial charge in [-0.05, 0) is 30.7 Å². The van der Waals surface area contributed by atoms with E-state index in [2.05, 4.69) is 11.9 Å². The Morgan fingerprint density at radius 2 is 2.00 bits per heavy atom. The minimum absolute atomic E-state index is 0.310. The quantitative estimate of drug-likeness (QED) is 0.716. The Labute approximate surface area is 82.1 Å². The van der Waals surface area contributed by atoms with Gasteiger partial charge in [0.1, 0.15) is 0 Å². The van der Waals surface area contributed by atoms with E-state index < -0.39 is 5.97 Å². The van der Waals surface area contributed by atoms with Gasteiger partial charge >= 0.3 is 5.97 Å². The zero-order valence-electron chi connectivity index (χ0n) is 7.66. The van der Waals surface area contributed by atoms with Crippen LogP contribution in [-0.4, -0.2) is 17.1 Å². The number of aromatic carboxylic acids is 1. The van der Waals surface area contributed by atoms with Gasteiger partial charge in [-0.3, -0.25) is 0 Å². The van der Waals surface area contributed by atoms with Crippen LogP contribution >= 0.6 is 0 Å². The van der Waals surface area contributed by atoms with E-state index in [1.807, 2.05) is 0 Å². The number of nitrogens with one attached hydrogen (secondary N) is 1. The third-order valence-corrected chi connectivity index (χ3v) is 2.27. The Morgan fingerprint density at radius 1 is 1.43 bits per heavy atom. The summed E-state index contributed by atoms with van der Waals surface area (Å²) in [5.74, 6) is -0.896. The summed E-state index contributed by atoms with van der Waals surface area (Å²) in [6, 6.07) is 7.11. The Kier molecular flexibility index (Phi) is 2.00. The molecular weight excluding hydrogens is 178 g/mol. The number of hydrogen-bond acceptors (Lipinski definition) is 2. The van der Waals surface area contributed by atoms with Crippen molar-refractivity contribution in [1.82, 2.24) is 0 Å². The van der Waals surface area contributed by atoms with E-state index >= 15 is 0 Å². The van der Waals surface area contributed by atoms with Crippen LogP contribution in [0.1, 0.15) is 16.8 Å². The van der Waals surface area contributed by atoms with Crippen molar-refractivity contribution in [2.75, 3.05) is 5.32 Å². The van der Waals surface area contributed by atoms with Gasteiger partial charge in [0.2, 0.25) is 0 Å². The largest absolute Gasteiger partial charge is 0.478 e. The van der Waals surface area contributed by atoms with Crippen LogP contribution in [-0.2, 0) is 0 Å². The van der Waals surface area contributed by atoms with Gasteiger partial charge in [-0.25, -0.2) is 4.79 Å². The van der Waals surface area contributed by atoms with Crippen molar-refractivity contribution in [2.24, 2.45) is 0 Å². The van der Waals surface area contributed by atoms with Crippen molar-refractivity contribution in [3.05, 3.63) is 42.0 Å². The van der Waals surface area contributed by atoms with Gasteiger partial charge in [0, 0.05) is 5.69 Å². The fourth-order valence-corrected chi connectivity index (χ4v) is 1.27. The summed E-state index contributed by atoms with van der Waals surface area (Å²) in [6.07, 6.45) is 1.01. The Bertz CT molecular complexity index is 381. The summed E-state index contributed by atoms with van der Waals surface area (Å²) in [5.41, 5.74) is 2.45. The highest BCUT2D eigenvalue weighted by Gasteiger charge is 2.26. The molecule has 3 heteroatoms. The first-order valence-corrected chi connectivity index (χ1v) is 4.44. The molecule has 1 aliphatic rings. The molecule has 0 amide bonds. The number of hydrogen-bond donors (Lipinski definition) is 2. The van der Waals surface area contributed by atoms with Crippen molar-refractivity contribution in [3.63, 3.8) is 0 Å². The first-order chi connectivity index (χ1) is 6.66. The van der Waals surface area contributed by atoms with Crippen LogP contribution in [0.3, 0.4) is 0 Å². The van der Waals surface area contributed by atoms with Crippen LogP contribution in [0.25, 0.3) is 0 Å². The molecule has 14 heavy (non-hydrogen) atoms. The Hall–Kier alpha value is -1.77. The highest BCUT2D eigenvalue weighted by atomic mass is 16.4. The second kappa shape index (κ2) is 3.18. The van der Waals surface area contributed by atoms with Crippen molar-refractivity contribution in [1.29, 1.82) is 0 Å². The fraction of sp³-hybridized carbons (Fsp3) is 0.182. The lowest BCUT2D eigenvalue weighted by Gasteiger charge is -2.03. The summed E-state index contributed by atoms with van der Waals surface area (Å²) in [5, 5.41) is 11.9. The fourth-order valence-electron chi connectivity index (χ4n) is 1.27. The topological polar surface area (TPSA) is 49.3 Å². The van der Waals surface area contributed by atoms with Gasteiger partial charge in [0.25, 0.3) is 0 Å². The second-order valence-corrected chi connectivity index (χ2v) is 3.44. The summed E-state index contributed by atoms with van der Waals surface area (Å²) in [6.45, 7) is 3.83. The van der Waals surface area contributed by atoms with Gasteiger partial charge in [-0.1, -0.05) is 12.2 Å². The molecular formula is C11H11NO2. The van der Waals surface area contributed by atoms with Gasteiger partial charge in [-0.2, -0.15) is 0 Å². The summed E-state index contributed by atoms with van der Waals surface area (Å²) in [7, 11) is 0. The van der Waals surface area contributed by atoms with Crippen LogP contribution < -0.4 is 5.32 Å². The molecule has 0 radical (unpaired) electrons. The molecule has 3 nitrogen and oxygen atoms in total. The monoisotopic (exact) mass is 189 g/mol. The molecule has 1 saturated carbocycles. The molecule has 0 aromatic heterocycles. The predicted octanol–water partition coefficient (Wildman–Crippen LogP) is 2.13. The number of carboxylic acids is 1. The predicted molar refractivity (Wildman–Crippen MR) is 54.6 cm³/mol. The Balaban J connectivity index is 2.06. The number of carbonyl (C=O) groups is 1. The van der Waals surface area contributed by atoms with Crippen molar-refractivity contribution in [3.8, 4) is 0 Å². The van der Waals surface area contributed by atoms with Crippen LogP contribution in [0.5, 0.6) is 0 Å². The molecule has 0 saturated heterocycles. The van der Waals surface area contributed by atoms with E-state index in [0.717, 1.165) is 12.1 Å². The molecule has 1 aromatic carbocycles. The standard InChI is InChI=1S/C11H11NO2/c1-7-6-10(7)12-9-4-2-8(3-5-9)11(13)14/h2-5,10,12H,1,6H2,(H,13,14). The molecule has 0 heterocycles. The minimum Gasteiger partial charge on any atom is -0.478 e. The number of benzene rings is 1. The van der Waals surface area contributed by atoms with Crippen LogP contribution in [0.4, 0.5) is 5.69 Å². The average Bonchev–Trinajstić information content (AvgIpc) is 2.82. The minimum atomic E-state index is -0.896. The zero-order valence-corrected chi connectivity index (χ0v) is 7.66. The van der Waals surface area contributed by atoms with E-state index in [-0.39, 0.29) is 0 Å². The third-order valence-electron chi connectivity index (χ3n) is 2.27. The van der Waals surface area contributed by atoms with Crippen LogP contribution in [0.15, 0.2) is 36.4 Å². The van der Waals surface area contributed by atoms with E-state index in [4.69, 9.17) is 5.11 Å². The van der Waals surface area contributed by atoms with Gasteiger partial charge in [0.05, 0.1) is 11.6 Å². The lowest BCUT2D eigenvalue weighted by atomic mass is 10.2. The van der Waals surface area contributed by atoms with Gasteiger partial charge in [0.15, 0.2) is 0 Å². The molecule has 0 spiro atoms.